The van der Waals surface area contributed by atoms with Crippen molar-refractivity contribution in [1.29, 1.82) is 0 Å². The van der Waals surface area contributed by atoms with Crippen molar-refractivity contribution in [3.05, 3.63) is 58.6 Å². The van der Waals surface area contributed by atoms with Gasteiger partial charge in [-0.25, -0.2) is 0 Å². The first kappa shape index (κ1) is 11.2. The number of rotatable bonds is 2. The fourth-order valence-corrected chi connectivity index (χ4v) is 1.80. The third-order valence-electron chi connectivity index (χ3n) is 2.61. The van der Waals surface area contributed by atoms with Crippen molar-refractivity contribution in [3.8, 4) is 11.1 Å². The predicted octanol–water partition coefficient (Wildman–Crippen LogP) is 3.81. The lowest BCUT2D eigenvalue weighted by Crippen LogP contribution is -1.85. The Morgan fingerprint density at radius 1 is 1.06 bits per heavy atom. The molecule has 0 saturated heterocycles. The number of aliphatic hydroxyl groups excluding tert-OH is 1. The van der Waals surface area contributed by atoms with E-state index in [1.54, 1.807) is 0 Å². The lowest BCUT2D eigenvalue weighted by atomic mass is 10.0. The fraction of sp³-hybridized carbons (Fsp3) is 0.143. The molecule has 0 heterocycles. The minimum absolute atomic E-state index is 0.0629. The lowest BCUT2D eigenvalue weighted by Gasteiger charge is -2.05. The van der Waals surface area contributed by atoms with Crippen LogP contribution >= 0.6 is 11.6 Å². The Morgan fingerprint density at radius 2 is 1.81 bits per heavy atom. The van der Waals surface area contributed by atoms with E-state index in [1.165, 1.54) is 0 Å². The van der Waals surface area contributed by atoms with Gasteiger partial charge in [-0.3, -0.25) is 0 Å². The van der Waals surface area contributed by atoms with E-state index in [1.807, 2.05) is 49.4 Å². The molecule has 82 valence electrons. The van der Waals surface area contributed by atoms with Crippen LogP contribution in [-0.4, -0.2) is 5.11 Å². The summed E-state index contributed by atoms with van der Waals surface area (Å²) in [5.74, 6) is 0. The van der Waals surface area contributed by atoms with E-state index in [9.17, 15) is 0 Å². The highest BCUT2D eigenvalue weighted by molar-refractivity contribution is 6.31. The molecule has 0 unspecified atom stereocenters. The Labute approximate surface area is 100 Å². The summed E-state index contributed by atoms with van der Waals surface area (Å²) in [6.45, 7) is 2.05. The minimum atomic E-state index is 0.0629. The van der Waals surface area contributed by atoms with Crippen LogP contribution in [0.5, 0.6) is 0 Å². The Balaban J connectivity index is 2.46. The predicted molar refractivity (Wildman–Crippen MR) is 67.5 cm³/mol. The molecule has 2 aromatic carbocycles. The smallest absolute Gasteiger partial charge is 0.0682 e. The maximum Gasteiger partial charge on any atom is 0.0682 e. The van der Waals surface area contributed by atoms with Crippen LogP contribution < -0.4 is 0 Å². The van der Waals surface area contributed by atoms with Gasteiger partial charge in [-0.2, -0.15) is 0 Å². The fourth-order valence-electron chi connectivity index (χ4n) is 1.62. The van der Waals surface area contributed by atoms with Crippen molar-refractivity contribution in [2.75, 3.05) is 0 Å². The molecule has 0 aliphatic heterocycles. The van der Waals surface area contributed by atoms with Crippen molar-refractivity contribution >= 4 is 11.6 Å². The molecule has 2 aromatic rings. The third kappa shape index (κ3) is 2.26. The Bertz CT molecular complexity index is 506. The molecule has 0 aliphatic rings. The molecule has 0 aromatic heterocycles. The zero-order valence-corrected chi connectivity index (χ0v) is 9.83. The molecule has 2 heteroatoms. The Hall–Kier alpha value is -1.31. The highest BCUT2D eigenvalue weighted by atomic mass is 35.5. The molecular formula is C14H13ClO. The average molecular weight is 233 g/mol. The first-order chi connectivity index (χ1) is 7.70. The van der Waals surface area contributed by atoms with Crippen LogP contribution in [0.2, 0.25) is 5.02 Å². The van der Waals surface area contributed by atoms with Gasteiger partial charge in [-0.05, 0) is 41.3 Å². The number of aliphatic hydroxyl groups is 1. The van der Waals surface area contributed by atoms with E-state index < -0.39 is 0 Å². The van der Waals surface area contributed by atoms with Gasteiger partial charge in [0, 0.05) is 5.02 Å². The molecule has 0 radical (unpaired) electrons. The van der Waals surface area contributed by atoms with Crippen LogP contribution in [-0.2, 0) is 6.61 Å². The molecule has 0 aliphatic carbocycles. The van der Waals surface area contributed by atoms with Crippen LogP contribution in [0, 0.1) is 6.92 Å². The highest BCUT2D eigenvalue weighted by Crippen LogP contribution is 2.25. The summed E-state index contributed by atoms with van der Waals surface area (Å²) in [5, 5.41) is 9.85. The Kier molecular flexibility index (Phi) is 3.28. The van der Waals surface area contributed by atoms with E-state index in [2.05, 4.69) is 0 Å². The quantitative estimate of drug-likeness (QED) is 0.835. The van der Waals surface area contributed by atoms with E-state index >= 15 is 0 Å². The summed E-state index contributed by atoms with van der Waals surface area (Å²) < 4.78 is 0. The largest absolute Gasteiger partial charge is 0.392 e. The van der Waals surface area contributed by atoms with Gasteiger partial charge in [0.1, 0.15) is 0 Å². The van der Waals surface area contributed by atoms with Crippen molar-refractivity contribution < 1.29 is 5.11 Å². The molecule has 0 spiro atoms. The number of aryl methyl sites for hydroxylation is 1. The normalized spacial score (nSPS) is 10.4. The summed E-state index contributed by atoms with van der Waals surface area (Å²) in [5.41, 5.74) is 4.14. The van der Waals surface area contributed by atoms with Gasteiger partial charge in [0.05, 0.1) is 6.61 Å². The molecule has 0 saturated carbocycles. The third-order valence-corrected chi connectivity index (χ3v) is 3.02. The second-order valence-electron chi connectivity index (χ2n) is 3.82. The van der Waals surface area contributed by atoms with Crippen LogP contribution in [0.15, 0.2) is 42.5 Å². The maximum atomic E-state index is 9.08. The molecular weight excluding hydrogens is 220 g/mol. The second-order valence-corrected chi connectivity index (χ2v) is 4.23. The van der Waals surface area contributed by atoms with E-state index in [4.69, 9.17) is 16.7 Å². The number of hydrogen-bond acceptors (Lipinski definition) is 1. The number of halogens is 1. The van der Waals surface area contributed by atoms with Crippen LogP contribution in [0.3, 0.4) is 0 Å². The lowest BCUT2D eigenvalue weighted by molar-refractivity contribution is 0.282. The monoisotopic (exact) mass is 232 g/mol. The molecule has 2 rings (SSSR count). The average Bonchev–Trinajstić information content (AvgIpc) is 2.33. The molecule has 1 N–H and O–H groups in total. The van der Waals surface area contributed by atoms with Crippen LogP contribution in [0.25, 0.3) is 11.1 Å². The van der Waals surface area contributed by atoms with Crippen molar-refractivity contribution in [1.82, 2.24) is 0 Å². The molecule has 0 fully saturated rings. The first-order valence-corrected chi connectivity index (χ1v) is 5.55. The standard InChI is InChI=1S/C14H13ClO/c1-10-5-6-13(8-14(10)15)12-4-2-3-11(7-12)9-16/h2-8,16H,9H2,1H3. The maximum absolute atomic E-state index is 9.08. The number of benzene rings is 2. The van der Waals surface area contributed by atoms with Crippen molar-refractivity contribution in [3.63, 3.8) is 0 Å². The summed E-state index contributed by atoms with van der Waals surface area (Å²) in [6.07, 6.45) is 0. The van der Waals surface area contributed by atoms with Gasteiger partial charge in [0.25, 0.3) is 0 Å². The molecule has 0 amide bonds. The molecule has 0 atom stereocenters. The van der Waals surface area contributed by atoms with Crippen LogP contribution in [0.1, 0.15) is 11.1 Å². The Morgan fingerprint density at radius 3 is 2.50 bits per heavy atom. The summed E-state index contributed by atoms with van der Waals surface area (Å²) in [7, 11) is 0. The molecule has 16 heavy (non-hydrogen) atoms. The summed E-state index contributed by atoms with van der Waals surface area (Å²) in [6, 6.07) is 13.8. The zero-order chi connectivity index (χ0) is 11.5. The van der Waals surface area contributed by atoms with Gasteiger partial charge in [-0.15, -0.1) is 0 Å². The summed E-state index contributed by atoms with van der Waals surface area (Å²) in [4.78, 5) is 0. The topological polar surface area (TPSA) is 20.2 Å². The van der Waals surface area contributed by atoms with Gasteiger partial charge in [-0.1, -0.05) is 41.9 Å². The SMILES string of the molecule is Cc1ccc(-c2cccc(CO)c2)cc1Cl. The summed E-state index contributed by atoms with van der Waals surface area (Å²) >= 11 is 6.09. The van der Waals surface area contributed by atoms with Crippen molar-refractivity contribution in [2.24, 2.45) is 0 Å². The van der Waals surface area contributed by atoms with Gasteiger partial charge in [0.15, 0.2) is 0 Å². The van der Waals surface area contributed by atoms with Crippen molar-refractivity contribution in [2.45, 2.75) is 13.5 Å². The van der Waals surface area contributed by atoms with E-state index in [0.717, 1.165) is 27.3 Å². The highest BCUT2D eigenvalue weighted by Gasteiger charge is 2.01. The van der Waals surface area contributed by atoms with Gasteiger partial charge in [0.2, 0.25) is 0 Å². The number of hydrogen-bond donors (Lipinski definition) is 1. The zero-order valence-electron chi connectivity index (χ0n) is 9.07. The molecule has 1 nitrogen and oxygen atoms in total. The second kappa shape index (κ2) is 4.69. The van der Waals surface area contributed by atoms with Crippen LogP contribution in [0.4, 0.5) is 0 Å². The van der Waals surface area contributed by atoms with Gasteiger partial charge < -0.3 is 5.11 Å². The molecule has 0 bridgehead atoms. The van der Waals surface area contributed by atoms with E-state index in [-0.39, 0.29) is 6.61 Å². The van der Waals surface area contributed by atoms with Gasteiger partial charge >= 0.3 is 0 Å². The minimum Gasteiger partial charge on any atom is -0.392 e. The first-order valence-electron chi connectivity index (χ1n) is 5.17. The van der Waals surface area contributed by atoms with E-state index in [0.29, 0.717) is 0 Å².